The number of allylic oxidation sites excluding steroid dienone is 1. The second-order valence-electron chi connectivity index (χ2n) is 7.65. The van der Waals surface area contributed by atoms with Gasteiger partial charge in [0.05, 0.1) is 6.61 Å². The molecule has 0 saturated heterocycles. The van der Waals surface area contributed by atoms with E-state index in [1.54, 1.807) is 12.3 Å². The topological polar surface area (TPSA) is 91.8 Å². The van der Waals surface area contributed by atoms with Crippen molar-refractivity contribution in [2.75, 3.05) is 6.61 Å². The normalized spacial score (nSPS) is 16.3. The third kappa shape index (κ3) is 7.14. The summed E-state index contributed by atoms with van der Waals surface area (Å²) >= 11 is 0. The fourth-order valence-corrected chi connectivity index (χ4v) is 3.67. The highest BCUT2D eigenvalue weighted by Gasteiger charge is 2.33. The molecule has 0 fully saturated rings. The summed E-state index contributed by atoms with van der Waals surface area (Å²) in [4.78, 5) is 40.3. The predicted molar refractivity (Wildman–Crippen MR) is 121 cm³/mol. The van der Waals surface area contributed by atoms with E-state index in [1.165, 1.54) is 19.9 Å². The van der Waals surface area contributed by atoms with E-state index in [0.717, 1.165) is 11.3 Å². The van der Waals surface area contributed by atoms with Crippen molar-refractivity contribution >= 4 is 17.7 Å². The molecular weight excluding hydrogens is 422 g/mol. The molecule has 1 heterocycles. The first-order valence-electron chi connectivity index (χ1n) is 10.8. The van der Waals surface area contributed by atoms with Crippen molar-refractivity contribution < 1.29 is 28.6 Å². The van der Waals surface area contributed by atoms with Gasteiger partial charge in [0, 0.05) is 44.5 Å². The van der Waals surface area contributed by atoms with Gasteiger partial charge < -0.3 is 14.2 Å². The molecule has 7 nitrogen and oxygen atoms in total. The molecule has 1 aliphatic rings. The van der Waals surface area contributed by atoms with E-state index in [2.05, 4.69) is 4.98 Å². The number of aromatic nitrogens is 1. The molecule has 2 unspecified atom stereocenters. The van der Waals surface area contributed by atoms with Crippen LogP contribution in [0.25, 0.3) is 0 Å². The van der Waals surface area contributed by atoms with E-state index in [0.29, 0.717) is 12.0 Å². The summed E-state index contributed by atoms with van der Waals surface area (Å²) in [5, 5.41) is 0. The number of ether oxygens (including phenoxy) is 3. The zero-order chi connectivity index (χ0) is 23.6. The highest BCUT2D eigenvalue weighted by molar-refractivity contribution is 6.04. The molecule has 7 heteroatoms. The number of hydrogen-bond acceptors (Lipinski definition) is 7. The summed E-state index contributed by atoms with van der Waals surface area (Å²) in [7, 11) is 0. The molecule has 33 heavy (non-hydrogen) atoms. The van der Waals surface area contributed by atoms with Crippen LogP contribution in [0.1, 0.15) is 31.5 Å². The Bertz CT molecular complexity index is 1030. The van der Waals surface area contributed by atoms with Crippen LogP contribution in [0.4, 0.5) is 0 Å². The van der Waals surface area contributed by atoms with Gasteiger partial charge in [-0.2, -0.15) is 0 Å². The number of esters is 2. The van der Waals surface area contributed by atoms with Crippen LogP contribution in [0.3, 0.4) is 0 Å². The molecular formula is C26H27NO6. The van der Waals surface area contributed by atoms with E-state index in [-0.39, 0.29) is 31.2 Å². The lowest BCUT2D eigenvalue weighted by Crippen LogP contribution is -2.32. The molecule has 2 aromatic rings. The molecule has 0 spiro atoms. The maximum Gasteiger partial charge on any atom is 0.302 e. The van der Waals surface area contributed by atoms with E-state index in [9.17, 15) is 14.4 Å². The highest BCUT2D eigenvalue weighted by atomic mass is 16.6. The van der Waals surface area contributed by atoms with Crippen LogP contribution in [0.5, 0.6) is 0 Å². The number of pyridine rings is 1. The minimum Gasteiger partial charge on any atom is -0.485 e. The maximum absolute atomic E-state index is 12.8. The Morgan fingerprint density at radius 1 is 1.03 bits per heavy atom. The van der Waals surface area contributed by atoms with E-state index < -0.39 is 24.0 Å². The Morgan fingerprint density at radius 2 is 1.79 bits per heavy atom. The highest BCUT2D eigenvalue weighted by Crippen LogP contribution is 2.32. The Balaban J connectivity index is 1.94. The van der Waals surface area contributed by atoms with Gasteiger partial charge in [-0.25, -0.2) is 0 Å². The summed E-state index contributed by atoms with van der Waals surface area (Å²) in [6.07, 6.45) is 4.82. The fourth-order valence-electron chi connectivity index (χ4n) is 3.67. The number of rotatable bonds is 10. The van der Waals surface area contributed by atoms with Crippen molar-refractivity contribution in [2.45, 2.75) is 39.4 Å². The molecule has 0 N–H and O–H groups in total. The second-order valence-corrected chi connectivity index (χ2v) is 7.65. The number of carbonyl (C=O) groups excluding carboxylic acids is 3. The van der Waals surface area contributed by atoms with Gasteiger partial charge in [0.25, 0.3) is 0 Å². The van der Waals surface area contributed by atoms with Crippen LogP contribution in [-0.4, -0.2) is 35.4 Å². The first-order valence-corrected chi connectivity index (χ1v) is 10.8. The van der Waals surface area contributed by atoms with Gasteiger partial charge in [-0.15, -0.1) is 0 Å². The van der Waals surface area contributed by atoms with Crippen molar-refractivity contribution in [3.05, 3.63) is 89.5 Å². The lowest BCUT2D eigenvalue weighted by Gasteiger charge is -2.30. The summed E-state index contributed by atoms with van der Waals surface area (Å²) in [6, 6.07) is 15.1. The van der Waals surface area contributed by atoms with E-state index in [4.69, 9.17) is 14.2 Å². The van der Waals surface area contributed by atoms with Gasteiger partial charge in [-0.1, -0.05) is 42.5 Å². The van der Waals surface area contributed by atoms with Crippen LogP contribution in [-0.2, 0) is 41.6 Å². The number of benzene rings is 1. The molecule has 1 aromatic heterocycles. The van der Waals surface area contributed by atoms with Gasteiger partial charge in [0.2, 0.25) is 5.78 Å². The van der Waals surface area contributed by atoms with E-state index in [1.807, 2.05) is 48.5 Å². The predicted octanol–water partition coefficient (Wildman–Crippen LogP) is 3.74. The smallest absolute Gasteiger partial charge is 0.302 e. The van der Waals surface area contributed by atoms with Crippen LogP contribution >= 0.6 is 0 Å². The summed E-state index contributed by atoms with van der Waals surface area (Å²) < 4.78 is 16.7. The standard InChI is InChI=1S/C26H27NO6/c1-18(28)31-15-13-25(33-19(2)29)22-11-12-24(30)26(32-17-20-8-4-3-5-9-20)23(22)16-21-10-6-7-14-27-21/h3-12,14,22,25H,13,15-17H2,1-2H3. The van der Waals surface area contributed by atoms with Gasteiger partial charge in [0.15, 0.2) is 5.76 Å². The molecule has 0 amide bonds. The molecule has 172 valence electrons. The Kier molecular flexibility index (Phi) is 8.52. The van der Waals surface area contributed by atoms with Crippen molar-refractivity contribution in [2.24, 2.45) is 5.92 Å². The Hall–Kier alpha value is -3.74. The maximum atomic E-state index is 12.8. The summed E-state index contributed by atoms with van der Waals surface area (Å²) in [5.74, 6) is -1.34. The summed E-state index contributed by atoms with van der Waals surface area (Å²) in [5.41, 5.74) is 2.35. The molecule has 0 bridgehead atoms. The summed E-state index contributed by atoms with van der Waals surface area (Å²) in [6.45, 7) is 2.95. The Morgan fingerprint density at radius 3 is 2.45 bits per heavy atom. The third-order valence-corrected chi connectivity index (χ3v) is 5.12. The lowest BCUT2D eigenvalue weighted by atomic mass is 9.83. The van der Waals surface area contributed by atoms with Gasteiger partial charge in [0.1, 0.15) is 12.7 Å². The monoisotopic (exact) mass is 449 g/mol. The SMILES string of the molecule is CC(=O)OCCC(OC(C)=O)C1C=CC(=O)C(OCc2ccccc2)=C1Cc1ccccn1. The lowest BCUT2D eigenvalue weighted by molar-refractivity contribution is -0.150. The van der Waals surface area contributed by atoms with Gasteiger partial charge in [-0.05, 0) is 29.3 Å². The van der Waals surface area contributed by atoms with E-state index >= 15 is 0 Å². The first kappa shape index (κ1) is 23.9. The zero-order valence-corrected chi connectivity index (χ0v) is 18.7. The number of ketones is 1. The van der Waals surface area contributed by atoms with Gasteiger partial charge >= 0.3 is 11.9 Å². The minimum absolute atomic E-state index is 0.0860. The first-order chi connectivity index (χ1) is 15.9. The number of nitrogens with zero attached hydrogens (tertiary/aromatic N) is 1. The van der Waals surface area contributed by atoms with Gasteiger partial charge in [-0.3, -0.25) is 19.4 Å². The minimum atomic E-state index is -0.639. The number of carbonyl (C=O) groups is 3. The van der Waals surface area contributed by atoms with Crippen molar-refractivity contribution in [1.29, 1.82) is 0 Å². The quantitative estimate of drug-likeness (QED) is 0.510. The zero-order valence-electron chi connectivity index (χ0n) is 18.7. The molecule has 1 aromatic carbocycles. The molecule has 0 saturated carbocycles. The van der Waals surface area contributed by atoms with Crippen molar-refractivity contribution in [1.82, 2.24) is 4.98 Å². The Labute approximate surface area is 193 Å². The van der Waals surface area contributed by atoms with Crippen molar-refractivity contribution in [3.63, 3.8) is 0 Å². The molecule has 0 aliphatic heterocycles. The number of hydrogen-bond donors (Lipinski definition) is 0. The molecule has 1 aliphatic carbocycles. The molecule has 3 rings (SSSR count). The van der Waals surface area contributed by atoms with Crippen LogP contribution < -0.4 is 0 Å². The van der Waals surface area contributed by atoms with Crippen molar-refractivity contribution in [3.8, 4) is 0 Å². The average molecular weight is 450 g/mol. The third-order valence-electron chi connectivity index (χ3n) is 5.12. The second kappa shape index (κ2) is 11.8. The van der Waals surface area contributed by atoms with Crippen LogP contribution in [0.15, 0.2) is 78.2 Å². The average Bonchev–Trinajstić information content (AvgIpc) is 2.79. The largest absolute Gasteiger partial charge is 0.485 e. The van der Waals surface area contributed by atoms with Crippen LogP contribution in [0, 0.1) is 5.92 Å². The molecule has 2 atom stereocenters. The van der Waals surface area contributed by atoms with Crippen LogP contribution in [0.2, 0.25) is 0 Å². The fraction of sp³-hybridized carbons (Fsp3) is 0.308. The molecule has 0 radical (unpaired) electrons.